The number of carbonyl (C=O) groups excluding carboxylic acids is 2. The molecule has 2 N–H and O–H groups in total. The summed E-state index contributed by atoms with van der Waals surface area (Å²) in [7, 11) is 0. The number of hydrogen-bond acceptors (Lipinski definition) is 2. The van der Waals surface area contributed by atoms with Crippen molar-refractivity contribution in [1.29, 1.82) is 0 Å². The molecule has 0 saturated heterocycles. The van der Waals surface area contributed by atoms with Gasteiger partial charge in [-0.15, -0.1) is 0 Å². The fourth-order valence-corrected chi connectivity index (χ4v) is 0.937. The van der Waals surface area contributed by atoms with E-state index in [1.807, 2.05) is 27.7 Å². The van der Waals surface area contributed by atoms with Crippen molar-refractivity contribution in [2.75, 3.05) is 0 Å². The van der Waals surface area contributed by atoms with E-state index in [0.29, 0.717) is 0 Å². The molecule has 0 aliphatic heterocycles. The van der Waals surface area contributed by atoms with E-state index in [0.717, 1.165) is 12.8 Å². The topological polar surface area (TPSA) is 58.2 Å². The van der Waals surface area contributed by atoms with Crippen LogP contribution in [0, 0.1) is 0 Å². The van der Waals surface area contributed by atoms with Gasteiger partial charge in [-0.2, -0.15) is 0 Å². The van der Waals surface area contributed by atoms with Gasteiger partial charge in [0.25, 0.3) is 0 Å². The second-order valence-corrected chi connectivity index (χ2v) is 3.97. The SMILES string of the molecule is CC[C@H](C)NC(=O)/C=C/C(=O)N[C@@H](C)CC. The third-order valence-electron chi connectivity index (χ3n) is 2.39. The summed E-state index contributed by atoms with van der Waals surface area (Å²) in [5, 5.41) is 5.49. The first-order valence-corrected chi connectivity index (χ1v) is 5.78. The maximum absolute atomic E-state index is 11.3. The smallest absolute Gasteiger partial charge is 0.244 e. The second-order valence-electron chi connectivity index (χ2n) is 3.97. The van der Waals surface area contributed by atoms with Crippen LogP contribution in [-0.2, 0) is 9.59 Å². The molecule has 0 aromatic rings. The Morgan fingerprint density at radius 3 is 1.50 bits per heavy atom. The van der Waals surface area contributed by atoms with E-state index < -0.39 is 0 Å². The molecule has 92 valence electrons. The van der Waals surface area contributed by atoms with Crippen molar-refractivity contribution < 1.29 is 9.59 Å². The van der Waals surface area contributed by atoms with Gasteiger partial charge in [0.05, 0.1) is 0 Å². The molecule has 0 bridgehead atoms. The van der Waals surface area contributed by atoms with Gasteiger partial charge in [-0.25, -0.2) is 0 Å². The summed E-state index contributed by atoms with van der Waals surface area (Å²) in [4.78, 5) is 22.6. The predicted octanol–water partition coefficient (Wildman–Crippen LogP) is 1.37. The minimum Gasteiger partial charge on any atom is -0.350 e. The van der Waals surface area contributed by atoms with Crippen LogP contribution in [0.5, 0.6) is 0 Å². The van der Waals surface area contributed by atoms with Crippen LogP contribution in [0.4, 0.5) is 0 Å². The monoisotopic (exact) mass is 226 g/mol. The van der Waals surface area contributed by atoms with Crippen molar-refractivity contribution in [3.05, 3.63) is 12.2 Å². The highest BCUT2D eigenvalue weighted by atomic mass is 16.2. The van der Waals surface area contributed by atoms with Gasteiger partial charge in [0, 0.05) is 24.2 Å². The van der Waals surface area contributed by atoms with E-state index in [9.17, 15) is 9.59 Å². The number of rotatable bonds is 6. The molecule has 16 heavy (non-hydrogen) atoms. The van der Waals surface area contributed by atoms with E-state index in [1.165, 1.54) is 12.2 Å². The quantitative estimate of drug-likeness (QED) is 0.672. The molecular weight excluding hydrogens is 204 g/mol. The van der Waals surface area contributed by atoms with E-state index >= 15 is 0 Å². The lowest BCUT2D eigenvalue weighted by Crippen LogP contribution is -2.32. The van der Waals surface area contributed by atoms with Gasteiger partial charge in [0.15, 0.2) is 0 Å². The van der Waals surface area contributed by atoms with Crippen molar-refractivity contribution >= 4 is 11.8 Å². The average molecular weight is 226 g/mol. The molecule has 0 rings (SSSR count). The lowest BCUT2D eigenvalue weighted by atomic mass is 10.2. The Morgan fingerprint density at radius 1 is 0.938 bits per heavy atom. The Bertz CT molecular complexity index is 236. The third kappa shape index (κ3) is 7.04. The Balaban J connectivity index is 3.98. The maximum Gasteiger partial charge on any atom is 0.244 e. The molecule has 0 spiro atoms. The van der Waals surface area contributed by atoms with Crippen LogP contribution in [-0.4, -0.2) is 23.9 Å². The van der Waals surface area contributed by atoms with Crippen molar-refractivity contribution in [3.8, 4) is 0 Å². The van der Waals surface area contributed by atoms with Crippen LogP contribution in [0.25, 0.3) is 0 Å². The molecule has 4 heteroatoms. The van der Waals surface area contributed by atoms with Gasteiger partial charge in [0.2, 0.25) is 11.8 Å². The van der Waals surface area contributed by atoms with Gasteiger partial charge in [0.1, 0.15) is 0 Å². The van der Waals surface area contributed by atoms with Gasteiger partial charge in [-0.3, -0.25) is 9.59 Å². The molecule has 0 aromatic heterocycles. The number of amides is 2. The average Bonchev–Trinajstić information content (AvgIpc) is 2.26. The van der Waals surface area contributed by atoms with Crippen LogP contribution in [0.1, 0.15) is 40.5 Å². The lowest BCUT2D eigenvalue weighted by molar-refractivity contribution is -0.119. The second kappa shape index (κ2) is 7.91. The molecule has 0 radical (unpaired) electrons. The van der Waals surface area contributed by atoms with Gasteiger partial charge < -0.3 is 10.6 Å². The molecule has 0 aliphatic carbocycles. The first kappa shape index (κ1) is 14.7. The normalized spacial score (nSPS) is 14.5. The molecule has 0 unspecified atom stereocenters. The van der Waals surface area contributed by atoms with Crippen LogP contribution in [0.3, 0.4) is 0 Å². The summed E-state index contributed by atoms with van der Waals surface area (Å²) >= 11 is 0. The first-order valence-electron chi connectivity index (χ1n) is 5.78. The Hall–Kier alpha value is -1.32. The van der Waals surface area contributed by atoms with Crippen molar-refractivity contribution in [3.63, 3.8) is 0 Å². The van der Waals surface area contributed by atoms with Crippen LogP contribution >= 0.6 is 0 Å². The summed E-state index contributed by atoms with van der Waals surface area (Å²) < 4.78 is 0. The zero-order chi connectivity index (χ0) is 12.6. The predicted molar refractivity (Wildman–Crippen MR) is 64.9 cm³/mol. The fourth-order valence-electron chi connectivity index (χ4n) is 0.937. The van der Waals surface area contributed by atoms with E-state index in [-0.39, 0.29) is 23.9 Å². The third-order valence-corrected chi connectivity index (χ3v) is 2.39. The van der Waals surface area contributed by atoms with E-state index in [4.69, 9.17) is 0 Å². The molecule has 2 amide bonds. The summed E-state index contributed by atoms with van der Waals surface area (Å²) in [5.74, 6) is -0.456. The molecule has 0 fully saturated rings. The highest BCUT2D eigenvalue weighted by Crippen LogP contribution is 1.90. The van der Waals surface area contributed by atoms with E-state index in [2.05, 4.69) is 10.6 Å². The summed E-state index contributed by atoms with van der Waals surface area (Å²) in [6.07, 6.45) is 4.28. The Labute approximate surface area is 97.5 Å². The van der Waals surface area contributed by atoms with Crippen molar-refractivity contribution in [1.82, 2.24) is 10.6 Å². The Morgan fingerprint density at radius 2 is 1.25 bits per heavy atom. The minimum atomic E-state index is -0.228. The van der Waals surface area contributed by atoms with Crippen molar-refractivity contribution in [2.24, 2.45) is 0 Å². The van der Waals surface area contributed by atoms with Gasteiger partial charge >= 0.3 is 0 Å². The molecule has 4 nitrogen and oxygen atoms in total. The Kier molecular flexibility index (Phi) is 7.25. The largest absolute Gasteiger partial charge is 0.350 e. The summed E-state index contributed by atoms with van der Waals surface area (Å²) in [6, 6.07) is 0.268. The molecular formula is C12H22N2O2. The summed E-state index contributed by atoms with van der Waals surface area (Å²) in [6.45, 7) is 7.82. The summed E-state index contributed by atoms with van der Waals surface area (Å²) in [5.41, 5.74) is 0. The highest BCUT2D eigenvalue weighted by Gasteiger charge is 2.04. The maximum atomic E-state index is 11.3. The zero-order valence-electron chi connectivity index (χ0n) is 10.5. The molecule has 2 atom stereocenters. The molecule has 0 saturated carbocycles. The zero-order valence-corrected chi connectivity index (χ0v) is 10.5. The standard InChI is InChI=1S/C12H22N2O2/c1-5-9(3)13-11(15)7-8-12(16)14-10(4)6-2/h7-10H,5-6H2,1-4H3,(H,13,15)(H,14,16)/b8-7+/t9-,10-/m0/s1. The van der Waals surface area contributed by atoms with Gasteiger partial charge in [-0.05, 0) is 26.7 Å². The lowest BCUT2D eigenvalue weighted by Gasteiger charge is -2.09. The van der Waals surface area contributed by atoms with Crippen LogP contribution < -0.4 is 10.6 Å². The number of carbonyl (C=O) groups is 2. The van der Waals surface area contributed by atoms with Crippen LogP contribution in [0.2, 0.25) is 0 Å². The van der Waals surface area contributed by atoms with E-state index in [1.54, 1.807) is 0 Å². The molecule has 0 aromatic carbocycles. The fraction of sp³-hybridized carbons (Fsp3) is 0.667. The van der Waals surface area contributed by atoms with Crippen molar-refractivity contribution in [2.45, 2.75) is 52.6 Å². The molecule has 0 heterocycles. The van der Waals surface area contributed by atoms with Gasteiger partial charge in [-0.1, -0.05) is 13.8 Å². The van der Waals surface area contributed by atoms with Crippen LogP contribution in [0.15, 0.2) is 12.2 Å². The minimum absolute atomic E-state index is 0.134. The number of nitrogens with one attached hydrogen (secondary N) is 2. The highest BCUT2D eigenvalue weighted by molar-refractivity contribution is 5.96. The molecule has 0 aliphatic rings. The first-order chi connectivity index (χ1) is 7.49. The number of hydrogen-bond donors (Lipinski definition) is 2.